The SMILES string of the molecule is Cc1c(-c2ncco2)sc2c1S(=O)(=O)N(C(C)(C)C(=O)O[Si](c1ccccc1)(c1ccccc1)C(C)(C)C)C(=O)N2. The number of thiophene rings is 1. The number of rotatable bonds is 6. The predicted octanol–water partition coefficient (Wildman–Crippen LogP) is 5.13. The number of hydrogen-bond donors (Lipinski definition) is 1. The van der Waals surface area contributed by atoms with E-state index < -0.39 is 40.9 Å². The molecule has 12 heteroatoms. The van der Waals surface area contributed by atoms with Gasteiger partial charge in [0.05, 0.1) is 11.1 Å². The molecule has 0 fully saturated rings. The predicted molar refractivity (Wildman–Crippen MR) is 160 cm³/mol. The average molecular weight is 610 g/mol. The molecule has 0 atom stereocenters. The number of amides is 2. The van der Waals surface area contributed by atoms with Crippen LogP contribution in [0.3, 0.4) is 0 Å². The van der Waals surface area contributed by atoms with Gasteiger partial charge in [0.15, 0.2) is 5.54 Å². The summed E-state index contributed by atoms with van der Waals surface area (Å²) in [6.45, 7) is 10.4. The van der Waals surface area contributed by atoms with Gasteiger partial charge < -0.3 is 8.84 Å². The zero-order valence-corrected chi connectivity index (χ0v) is 26.2. The van der Waals surface area contributed by atoms with E-state index in [0.29, 0.717) is 14.7 Å². The summed E-state index contributed by atoms with van der Waals surface area (Å²) >= 11 is 1.05. The molecule has 3 heterocycles. The molecule has 0 saturated carbocycles. The van der Waals surface area contributed by atoms with Crippen LogP contribution in [0.1, 0.15) is 40.2 Å². The minimum absolute atomic E-state index is 0.0957. The van der Waals surface area contributed by atoms with Crippen molar-refractivity contribution in [2.75, 3.05) is 5.32 Å². The topological polar surface area (TPSA) is 119 Å². The Kier molecular flexibility index (Phi) is 6.99. The summed E-state index contributed by atoms with van der Waals surface area (Å²) in [5, 5.41) is 3.96. The molecule has 0 saturated heterocycles. The maximum absolute atomic E-state index is 14.3. The van der Waals surface area contributed by atoms with E-state index in [4.69, 9.17) is 8.84 Å². The number of sulfonamides is 1. The van der Waals surface area contributed by atoms with E-state index in [2.05, 4.69) is 10.3 Å². The van der Waals surface area contributed by atoms with Crippen molar-refractivity contribution in [2.45, 2.75) is 57.0 Å². The largest absolute Gasteiger partial charge is 0.508 e. The first-order valence-corrected chi connectivity index (χ1v) is 17.1. The van der Waals surface area contributed by atoms with Gasteiger partial charge in [-0.25, -0.2) is 18.2 Å². The Labute approximate surface area is 244 Å². The van der Waals surface area contributed by atoms with Crippen LogP contribution in [0, 0.1) is 6.92 Å². The summed E-state index contributed by atoms with van der Waals surface area (Å²) in [6, 6.07) is 18.1. The second-order valence-electron chi connectivity index (χ2n) is 11.4. The lowest BCUT2D eigenvalue weighted by Gasteiger charge is -2.45. The van der Waals surface area contributed by atoms with Gasteiger partial charge in [-0.3, -0.25) is 10.1 Å². The highest BCUT2D eigenvalue weighted by molar-refractivity contribution is 7.90. The van der Waals surface area contributed by atoms with Gasteiger partial charge in [-0.1, -0.05) is 81.4 Å². The molecule has 2 aromatic carbocycles. The van der Waals surface area contributed by atoms with Gasteiger partial charge in [0.1, 0.15) is 16.2 Å². The first kappa shape index (κ1) is 28.8. The Balaban J connectivity index is 1.62. The third-order valence-corrected chi connectivity index (χ3v) is 15.6. The van der Waals surface area contributed by atoms with Crippen molar-refractivity contribution in [1.29, 1.82) is 0 Å². The molecule has 0 aliphatic carbocycles. The lowest BCUT2D eigenvalue weighted by atomic mass is 10.1. The Morgan fingerprint density at radius 2 is 1.56 bits per heavy atom. The summed E-state index contributed by atoms with van der Waals surface area (Å²) in [5.41, 5.74) is -1.53. The van der Waals surface area contributed by atoms with Crippen LogP contribution in [0.2, 0.25) is 5.04 Å². The van der Waals surface area contributed by atoms with E-state index in [1.54, 1.807) is 6.92 Å². The van der Waals surface area contributed by atoms with Crippen molar-refractivity contribution in [2.24, 2.45) is 0 Å². The number of benzene rings is 2. The van der Waals surface area contributed by atoms with E-state index in [0.717, 1.165) is 21.7 Å². The van der Waals surface area contributed by atoms with Crippen LogP contribution in [0.4, 0.5) is 9.80 Å². The molecule has 9 nitrogen and oxygen atoms in total. The summed E-state index contributed by atoms with van der Waals surface area (Å²) in [7, 11) is -7.87. The summed E-state index contributed by atoms with van der Waals surface area (Å²) in [6.07, 6.45) is 2.84. The van der Waals surface area contributed by atoms with Crippen molar-refractivity contribution in [3.63, 3.8) is 0 Å². The molecule has 1 aliphatic heterocycles. The maximum Gasteiger partial charge on any atom is 0.337 e. The maximum atomic E-state index is 14.3. The highest BCUT2D eigenvalue weighted by Crippen LogP contribution is 2.47. The number of nitrogens with zero attached hydrogens (tertiary/aromatic N) is 2. The third kappa shape index (κ3) is 4.50. The van der Waals surface area contributed by atoms with Gasteiger partial charge in [-0.2, -0.15) is 4.31 Å². The van der Waals surface area contributed by atoms with E-state index in [1.807, 2.05) is 81.4 Å². The lowest BCUT2D eigenvalue weighted by molar-refractivity contribution is -0.143. The molecule has 41 heavy (non-hydrogen) atoms. The van der Waals surface area contributed by atoms with E-state index in [1.165, 1.54) is 26.3 Å². The molecule has 4 aromatic rings. The van der Waals surface area contributed by atoms with E-state index in [9.17, 15) is 18.0 Å². The Morgan fingerprint density at radius 1 is 1.00 bits per heavy atom. The van der Waals surface area contributed by atoms with Crippen molar-refractivity contribution >= 4 is 57.1 Å². The Bertz CT molecular complexity index is 1670. The van der Waals surface area contributed by atoms with Crippen LogP contribution in [0.25, 0.3) is 10.8 Å². The highest BCUT2D eigenvalue weighted by Gasteiger charge is 2.58. The standard InChI is InChI=1S/C29H31N3O6S2Si/c1-19-22(24-30-17-18-37-24)39-25-23(19)40(35,36)32(27(34)31-25)29(5,6)26(33)38-41(28(2,3)4,20-13-9-7-10-14-20)21-15-11-8-12-16-21/h7-18H,1-6H3,(H,31,34). The molecule has 0 spiro atoms. The van der Waals surface area contributed by atoms with Gasteiger partial charge >= 0.3 is 20.3 Å². The van der Waals surface area contributed by atoms with Crippen LogP contribution in [-0.4, -0.2) is 43.6 Å². The van der Waals surface area contributed by atoms with Crippen LogP contribution >= 0.6 is 11.3 Å². The number of anilines is 1. The van der Waals surface area contributed by atoms with Crippen molar-refractivity contribution in [3.05, 3.63) is 78.7 Å². The number of urea groups is 1. The molecule has 0 bridgehead atoms. The molecule has 0 unspecified atom stereocenters. The van der Waals surface area contributed by atoms with Crippen molar-refractivity contribution in [3.8, 4) is 10.8 Å². The van der Waals surface area contributed by atoms with Crippen molar-refractivity contribution < 1.29 is 26.9 Å². The molecule has 1 N–H and O–H groups in total. The van der Waals surface area contributed by atoms with Crippen LogP contribution in [0.5, 0.6) is 0 Å². The fraction of sp³-hybridized carbons (Fsp3) is 0.276. The third-order valence-electron chi connectivity index (χ3n) is 7.29. The number of nitrogens with one attached hydrogen (secondary N) is 1. The zero-order chi connectivity index (χ0) is 29.8. The second kappa shape index (κ2) is 9.96. The van der Waals surface area contributed by atoms with Crippen molar-refractivity contribution in [1.82, 2.24) is 9.29 Å². The summed E-state index contributed by atoms with van der Waals surface area (Å²) in [5.74, 6) is -0.585. The molecule has 0 radical (unpaired) electrons. The average Bonchev–Trinajstić information content (AvgIpc) is 3.55. The normalized spacial score (nSPS) is 15.3. The van der Waals surface area contributed by atoms with Crippen LogP contribution in [0.15, 0.2) is 82.4 Å². The molecule has 2 amide bonds. The van der Waals surface area contributed by atoms with Gasteiger partial charge in [0.25, 0.3) is 10.0 Å². The number of fused-ring (bicyclic) bond motifs is 1. The van der Waals surface area contributed by atoms with E-state index in [-0.39, 0.29) is 15.8 Å². The number of hydrogen-bond acceptors (Lipinski definition) is 8. The number of carbonyl (C=O) groups is 2. The number of aromatic nitrogens is 1. The van der Waals surface area contributed by atoms with Crippen LogP contribution in [-0.2, 0) is 19.2 Å². The smallest absolute Gasteiger partial charge is 0.337 e. The molecule has 2 aromatic heterocycles. The van der Waals surface area contributed by atoms with Gasteiger partial charge in [-0.15, -0.1) is 11.3 Å². The van der Waals surface area contributed by atoms with E-state index >= 15 is 0 Å². The Morgan fingerprint density at radius 3 is 2.05 bits per heavy atom. The monoisotopic (exact) mass is 609 g/mol. The molecule has 5 rings (SSSR count). The van der Waals surface area contributed by atoms with Gasteiger partial charge in [0, 0.05) is 0 Å². The fourth-order valence-electron chi connectivity index (χ4n) is 5.33. The summed E-state index contributed by atoms with van der Waals surface area (Å²) in [4.78, 5) is 32.2. The second-order valence-corrected chi connectivity index (χ2v) is 18.3. The van der Waals surface area contributed by atoms with Gasteiger partial charge in [-0.05, 0) is 41.7 Å². The first-order valence-electron chi connectivity index (χ1n) is 13.0. The lowest BCUT2D eigenvalue weighted by Crippen LogP contribution is -2.70. The molecular formula is C29H31N3O6S2Si. The number of carbonyl (C=O) groups excluding carboxylic acids is 2. The molecule has 214 valence electrons. The fourth-order valence-corrected chi connectivity index (χ4v) is 13.2. The molecular weight excluding hydrogens is 579 g/mol. The first-order chi connectivity index (χ1) is 19.2. The zero-order valence-electron chi connectivity index (χ0n) is 23.6. The quantitative estimate of drug-likeness (QED) is 0.301. The minimum atomic E-state index is -4.48. The highest BCUT2D eigenvalue weighted by atomic mass is 32.2. The number of oxazole rings is 1. The van der Waals surface area contributed by atoms with Gasteiger partial charge in [0.2, 0.25) is 5.89 Å². The summed E-state index contributed by atoms with van der Waals surface area (Å²) < 4.78 is 40.8. The van der Waals surface area contributed by atoms with Crippen LogP contribution < -0.4 is 15.7 Å². The molecule has 1 aliphatic rings. The Hall–Kier alpha value is -3.74. The minimum Gasteiger partial charge on any atom is -0.508 e.